The van der Waals surface area contributed by atoms with E-state index in [-0.39, 0.29) is 19.0 Å². The van der Waals surface area contributed by atoms with Crippen molar-refractivity contribution in [3.63, 3.8) is 0 Å². The van der Waals surface area contributed by atoms with Gasteiger partial charge in [-0.1, -0.05) is 0 Å². The van der Waals surface area contributed by atoms with Crippen LogP contribution in [-0.2, 0) is 15.0 Å². The van der Waals surface area contributed by atoms with Gasteiger partial charge in [-0.15, -0.1) is 0 Å². The molecule has 2 N–H and O–H groups in total. The Balaban J connectivity index is 2.70. The highest BCUT2D eigenvalue weighted by atomic mass is 32.2. The van der Waals surface area contributed by atoms with Crippen LogP contribution in [0.3, 0.4) is 0 Å². The minimum Gasteiger partial charge on any atom is -0.343 e. The monoisotopic (exact) mass is 193 g/mol. The first-order valence-corrected chi connectivity index (χ1v) is 4.93. The third kappa shape index (κ3) is 1.93. The quantitative estimate of drug-likeness (QED) is 0.521. The topological polar surface area (TPSA) is 83.7 Å². The molecule has 0 unspecified atom stereocenters. The minimum atomic E-state index is -3.70. The summed E-state index contributed by atoms with van der Waals surface area (Å²) in [6.45, 7) is 0.533. The highest BCUT2D eigenvalue weighted by Gasteiger charge is 2.27. The van der Waals surface area contributed by atoms with Gasteiger partial charge in [-0.3, -0.25) is 4.79 Å². The zero-order chi connectivity index (χ0) is 9.35. The molecule has 1 aliphatic heterocycles. The molecule has 7 heteroatoms. The molecular formula is C5H11N3O3S. The van der Waals surface area contributed by atoms with Crippen molar-refractivity contribution in [2.75, 3.05) is 26.7 Å². The number of nitrogens with zero attached hydrogens (tertiary/aromatic N) is 2. The normalized spacial score (nSPS) is 21.5. The van der Waals surface area contributed by atoms with Gasteiger partial charge in [-0.05, 0) is 0 Å². The van der Waals surface area contributed by atoms with E-state index >= 15 is 0 Å². The molecule has 70 valence electrons. The molecule has 1 rings (SSSR count). The standard InChI is InChI=1S/C5H11N3O3S/c1-7-2-3-8(4-5(7)9)12(6,10)11/h2-4H2,1H3,(H2,6,10,11). The van der Waals surface area contributed by atoms with Crippen molar-refractivity contribution < 1.29 is 13.2 Å². The van der Waals surface area contributed by atoms with Gasteiger partial charge in [0.25, 0.3) is 10.2 Å². The predicted molar refractivity (Wildman–Crippen MR) is 42.3 cm³/mol. The highest BCUT2D eigenvalue weighted by Crippen LogP contribution is 2.02. The maximum Gasteiger partial charge on any atom is 0.277 e. The molecule has 0 radical (unpaired) electrons. The summed E-state index contributed by atoms with van der Waals surface area (Å²) in [6.07, 6.45) is 0. The Morgan fingerprint density at radius 3 is 2.42 bits per heavy atom. The third-order valence-electron chi connectivity index (χ3n) is 1.78. The van der Waals surface area contributed by atoms with Crippen molar-refractivity contribution >= 4 is 16.1 Å². The van der Waals surface area contributed by atoms with E-state index in [0.29, 0.717) is 6.54 Å². The summed E-state index contributed by atoms with van der Waals surface area (Å²) in [5.41, 5.74) is 0. The number of rotatable bonds is 1. The average Bonchev–Trinajstić information content (AvgIpc) is 1.92. The van der Waals surface area contributed by atoms with E-state index in [1.54, 1.807) is 7.05 Å². The van der Waals surface area contributed by atoms with E-state index in [1.807, 2.05) is 0 Å². The third-order valence-corrected chi connectivity index (χ3v) is 2.81. The van der Waals surface area contributed by atoms with Crippen LogP contribution in [0, 0.1) is 0 Å². The lowest BCUT2D eigenvalue weighted by molar-refractivity contribution is -0.132. The zero-order valence-electron chi connectivity index (χ0n) is 6.73. The number of likely N-dealkylation sites (N-methyl/N-ethyl adjacent to an activating group) is 1. The fraction of sp³-hybridized carbons (Fsp3) is 0.800. The Labute approximate surface area is 71.1 Å². The molecule has 6 nitrogen and oxygen atoms in total. The van der Waals surface area contributed by atoms with Crippen molar-refractivity contribution in [3.8, 4) is 0 Å². The fourth-order valence-electron chi connectivity index (χ4n) is 0.954. The van der Waals surface area contributed by atoms with Gasteiger partial charge in [0, 0.05) is 20.1 Å². The van der Waals surface area contributed by atoms with Crippen molar-refractivity contribution in [1.82, 2.24) is 9.21 Å². The molecule has 0 saturated carbocycles. The molecule has 0 aromatic heterocycles. The van der Waals surface area contributed by atoms with Crippen LogP contribution in [0.1, 0.15) is 0 Å². The summed E-state index contributed by atoms with van der Waals surface area (Å²) in [6, 6.07) is 0. The maximum absolute atomic E-state index is 11.0. The molecule has 1 amide bonds. The Hall–Kier alpha value is -0.660. The number of carbonyl (C=O) groups excluding carboxylic acids is 1. The van der Waals surface area contributed by atoms with Gasteiger partial charge >= 0.3 is 0 Å². The van der Waals surface area contributed by atoms with Gasteiger partial charge in [0.05, 0.1) is 6.54 Å². The van der Waals surface area contributed by atoms with E-state index in [4.69, 9.17) is 5.14 Å². The Bertz CT molecular complexity index is 286. The molecule has 0 atom stereocenters. The first-order valence-electron chi connectivity index (χ1n) is 3.43. The van der Waals surface area contributed by atoms with Crippen LogP contribution in [0.5, 0.6) is 0 Å². The molecule has 1 fully saturated rings. The number of nitrogens with two attached hydrogens (primary N) is 1. The van der Waals surface area contributed by atoms with Gasteiger partial charge < -0.3 is 4.90 Å². The molecule has 1 saturated heterocycles. The summed E-state index contributed by atoms with van der Waals surface area (Å²) >= 11 is 0. The zero-order valence-corrected chi connectivity index (χ0v) is 7.54. The number of piperazine rings is 1. The number of hydrogen-bond donors (Lipinski definition) is 1. The Kier molecular flexibility index (Phi) is 2.36. The smallest absolute Gasteiger partial charge is 0.277 e. The lowest BCUT2D eigenvalue weighted by atomic mass is 10.4. The van der Waals surface area contributed by atoms with Gasteiger partial charge in [-0.25, -0.2) is 5.14 Å². The number of carbonyl (C=O) groups is 1. The lowest BCUT2D eigenvalue weighted by Crippen LogP contribution is -2.52. The molecule has 12 heavy (non-hydrogen) atoms. The molecule has 0 spiro atoms. The van der Waals surface area contributed by atoms with Crippen molar-refractivity contribution in [2.45, 2.75) is 0 Å². The molecular weight excluding hydrogens is 182 g/mol. The molecule has 0 bridgehead atoms. The predicted octanol–water partition coefficient (Wildman–Crippen LogP) is -2.04. The van der Waals surface area contributed by atoms with Crippen molar-refractivity contribution in [2.24, 2.45) is 5.14 Å². The van der Waals surface area contributed by atoms with Gasteiger partial charge in [0.15, 0.2) is 0 Å². The molecule has 0 aromatic rings. The fourth-order valence-corrected chi connectivity index (χ4v) is 1.58. The summed E-state index contributed by atoms with van der Waals surface area (Å²) < 4.78 is 22.5. The van der Waals surface area contributed by atoms with E-state index in [9.17, 15) is 13.2 Å². The maximum atomic E-state index is 11.0. The first kappa shape index (κ1) is 9.43. The van der Waals surface area contributed by atoms with E-state index in [1.165, 1.54) is 4.90 Å². The summed E-state index contributed by atoms with van der Waals surface area (Å²) in [5, 5.41) is 4.85. The van der Waals surface area contributed by atoms with Crippen LogP contribution in [0.2, 0.25) is 0 Å². The van der Waals surface area contributed by atoms with Crippen molar-refractivity contribution in [3.05, 3.63) is 0 Å². The van der Waals surface area contributed by atoms with E-state index in [2.05, 4.69) is 0 Å². The molecule has 0 aliphatic carbocycles. The molecule has 1 aliphatic rings. The van der Waals surface area contributed by atoms with Gasteiger partial charge in [0.1, 0.15) is 0 Å². The number of hydrogen-bond acceptors (Lipinski definition) is 3. The highest BCUT2D eigenvalue weighted by molar-refractivity contribution is 7.86. The molecule has 0 aromatic carbocycles. The van der Waals surface area contributed by atoms with Crippen LogP contribution >= 0.6 is 0 Å². The van der Waals surface area contributed by atoms with E-state index in [0.717, 1.165) is 4.31 Å². The summed E-state index contributed by atoms with van der Waals surface area (Å²) in [4.78, 5) is 12.5. The lowest BCUT2D eigenvalue weighted by Gasteiger charge is -2.29. The summed E-state index contributed by atoms with van der Waals surface area (Å²) in [5.74, 6) is -0.227. The van der Waals surface area contributed by atoms with Crippen molar-refractivity contribution in [1.29, 1.82) is 0 Å². The second kappa shape index (κ2) is 3.00. The first-order chi connectivity index (χ1) is 5.41. The average molecular weight is 193 g/mol. The van der Waals surface area contributed by atoms with Crippen LogP contribution < -0.4 is 5.14 Å². The van der Waals surface area contributed by atoms with E-state index < -0.39 is 10.2 Å². The van der Waals surface area contributed by atoms with Crippen LogP contribution in [0.4, 0.5) is 0 Å². The van der Waals surface area contributed by atoms with Crippen LogP contribution in [-0.4, -0.2) is 50.2 Å². The minimum absolute atomic E-state index is 0.144. The second-order valence-electron chi connectivity index (χ2n) is 2.69. The largest absolute Gasteiger partial charge is 0.343 e. The van der Waals surface area contributed by atoms with Crippen LogP contribution in [0.25, 0.3) is 0 Å². The number of amides is 1. The second-order valence-corrected chi connectivity index (χ2v) is 4.24. The van der Waals surface area contributed by atoms with Crippen LogP contribution in [0.15, 0.2) is 0 Å². The van der Waals surface area contributed by atoms with Gasteiger partial charge in [-0.2, -0.15) is 12.7 Å². The van der Waals surface area contributed by atoms with Gasteiger partial charge in [0.2, 0.25) is 5.91 Å². The Morgan fingerprint density at radius 2 is 2.00 bits per heavy atom. The SMILES string of the molecule is CN1CCN(S(N)(=O)=O)CC1=O. The summed E-state index contributed by atoms with van der Waals surface area (Å²) in [7, 11) is -2.07. The Morgan fingerprint density at radius 1 is 1.42 bits per heavy atom. The molecule has 1 heterocycles.